The Labute approximate surface area is 794 Å². The third-order valence-corrected chi connectivity index (χ3v) is 28.8. The zero-order chi connectivity index (χ0) is 95.0. The Kier molecular flexibility index (Phi) is 23.0. The van der Waals surface area contributed by atoms with Crippen molar-refractivity contribution in [3.05, 3.63) is 422 Å². The number of anilines is 4. The van der Waals surface area contributed by atoms with Crippen LogP contribution in [0.2, 0.25) is 0 Å². The normalized spacial score (nSPS) is 17.7. The topological polar surface area (TPSA) is 263 Å². The molecule has 0 amide bonds. The number of carbonyl (C=O) groups excluding carboxylic acids is 3. The van der Waals surface area contributed by atoms with Gasteiger partial charge < -0.3 is 55.5 Å². The lowest BCUT2D eigenvalue weighted by molar-refractivity contribution is -0.384. The maximum absolute atomic E-state index is 13.6. The van der Waals surface area contributed by atoms with Gasteiger partial charge in [-0.2, -0.15) is 0 Å². The van der Waals surface area contributed by atoms with Crippen LogP contribution < -0.4 is 20.9 Å². The van der Waals surface area contributed by atoms with E-state index in [4.69, 9.17) is 14.7 Å². The number of rotatable bonds is 11. The largest absolute Gasteiger partial charge is 0.464 e. The predicted molar refractivity (Wildman–Crippen MR) is 551 cm³/mol. The average Bonchev–Trinajstić information content (AvgIpc) is 1.58. The van der Waals surface area contributed by atoms with Crippen molar-refractivity contribution in [1.29, 1.82) is 0 Å². The van der Waals surface area contributed by atoms with E-state index in [0.29, 0.717) is 35.8 Å². The fraction of sp³-hybridized carbons (Fsp3) is 0.205. The smallest absolute Gasteiger partial charge is 0.344 e. The van der Waals surface area contributed by atoms with Crippen LogP contribution in [-0.2, 0) is 49.7 Å². The Balaban J connectivity index is 0.000000102. The first kappa shape index (κ1) is 88.9. The summed E-state index contributed by atoms with van der Waals surface area (Å²) in [4.78, 5) is 81.0. The lowest BCUT2D eigenvalue weighted by atomic mass is 9.77. The molecule has 0 fully saturated rings. The molecule has 19 nitrogen and oxygen atoms in total. The first-order valence-corrected chi connectivity index (χ1v) is 46.9. The van der Waals surface area contributed by atoms with E-state index in [-0.39, 0.29) is 68.3 Å². The van der Waals surface area contributed by atoms with Crippen LogP contribution in [0.25, 0.3) is 76.7 Å². The molecule has 5 aliphatic heterocycles. The van der Waals surface area contributed by atoms with E-state index in [1.165, 1.54) is 94.7 Å². The molecule has 0 saturated heterocycles. The van der Waals surface area contributed by atoms with Crippen molar-refractivity contribution in [3.63, 3.8) is 0 Å². The fourth-order valence-corrected chi connectivity index (χ4v) is 21.8. The second kappa shape index (κ2) is 35.5. The number of Topliss-reactive ketones (excluding diaryl/α,β-unsaturated/α-hetero) is 2. The molecule has 7 aromatic heterocycles. The SMILES string of the molecule is CC1(C)C(c2c[nH]c3c2C(=O)CCC3)=Nc2ccccc21.CC1(C)c2ccccc2N(Cc2ccc([N+](=O)[O-])cc2)C1c1c[nH]c2ccccc12.CC1(C)c2ccccc2NC1c1c[nH]c2ccc(F)cc12.CCOC(=O)C1(c2c[nH]c3ccccc23)Nc2ccccc2C1=O.Cc1cc(-c2c[nH]c3ccccc23)nc2ccccc12.Cc1cccc2c(C3Nc4ccccc4C3(C)C)c[nH]c12. The number of hydrogen-bond donors (Lipinski definition) is 9. The highest BCUT2D eigenvalue weighted by Gasteiger charge is 2.56. The van der Waals surface area contributed by atoms with Crippen LogP contribution >= 0.6 is 0 Å². The Hall–Kier alpha value is -16.0. The standard InChI is InChI=1S/C25H23N3O2.C19H16N2O3.C19H20N2.C18H17FN2.C18H18N2O.C18H14N2/c1-25(2)21-8-4-6-10-23(21)27(16-17-11-13-18(14-12-17)28(29)30)24(25)20-15-26-22-9-5-3-7-19(20)22;1-2-24-18(23)19(14-11-20-15-9-5-3-7-12(14)15)17(22)13-8-4-6-10-16(13)21-19;1-12-7-6-8-13-14(11-20-17(12)13)18-19(2,3)15-9-4-5-10-16(15)21-18;1-18(2)14-5-3-4-6-16(14)21-17(18)13-10-20-15-8-7-11(19)9-12(13)15;1-18(2)12-6-3-4-7-13(12)20-17(18)11-10-19-14-8-5-9-15(21)16(11)14;1-12-10-18(20-17-9-5-2-6-13(12)17)15-11-19-16-8-4-3-7-14(15)16/h3-15,24,26H,16H2,1-2H3;3-11,20-21H,2H2,1H3;4-11,18,20-21H,1-3H3;3-10,17,20-21H,1-2H3;3-4,6-7,10,19H,5,8-9H2,1-2H3;2-11,19H,1H3. The van der Waals surface area contributed by atoms with Gasteiger partial charge in [0.2, 0.25) is 11.3 Å². The minimum atomic E-state index is -1.56. The van der Waals surface area contributed by atoms with Crippen LogP contribution in [0, 0.1) is 29.8 Å². The molecule has 137 heavy (non-hydrogen) atoms. The highest BCUT2D eigenvalue weighted by molar-refractivity contribution is 6.26. The molecule has 684 valence electrons. The summed E-state index contributed by atoms with van der Waals surface area (Å²) in [5, 5.41) is 28.2. The molecule has 25 rings (SSSR count). The van der Waals surface area contributed by atoms with Crippen molar-refractivity contribution in [2.75, 3.05) is 27.5 Å². The van der Waals surface area contributed by atoms with E-state index >= 15 is 0 Å². The number of fused-ring (bicyclic) bond motifs is 12. The average molecular weight is 1810 g/mol. The first-order valence-electron chi connectivity index (χ1n) is 46.9. The van der Waals surface area contributed by atoms with Crippen molar-refractivity contribution in [1.82, 2.24) is 34.9 Å². The number of aliphatic imine (C=N–C) groups is 1. The van der Waals surface area contributed by atoms with E-state index in [1.54, 1.807) is 55.6 Å². The van der Waals surface area contributed by atoms with E-state index in [9.17, 15) is 28.9 Å². The summed E-state index contributed by atoms with van der Waals surface area (Å²) in [5.41, 5.74) is 29.9. The molecule has 0 bridgehead atoms. The predicted octanol–water partition coefficient (Wildman–Crippen LogP) is 27.7. The van der Waals surface area contributed by atoms with Crippen molar-refractivity contribution in [2.24, 2.45) is 4.99 Å². The minimum Gasteiger partial charge on any atom is -0.464 e. The molecule has 12 heterocycles. The summed E-state index contributed by atoms with van der Waals surface area (Å²) < 4.78 is 18.9. The van der Waals surface area contributed by atoms with Gasteiger partial charge in [-0.3, -0.25) is 24.7 Å². The number of hydrogen-bond acceptors (Lipinski definition) is 12. The molecular formula is C117H108FN13O6. The maximum Gasteiger partial charge on any atom is 0.344 e. The quantitative estimate of drug-likeness (QED) is 0.0254. The van der Waals surface area contributed by atoms with Crippen LogP contribution in [-0.4, -0.2) is 69.7 Å². The highest BCUT2D eigenvalue weighted by Crippen LogP contribution is 2.56. The molecule has 4 unspecified atom stereocenters. The Morgan fingerprint density at radius 3 is 1.71 bits per heavy atom. The summed E-state index contributed by atoms with van der Waals surface area (Å²) in [5.74, 6) is -0.823. The van der Waals surface area contributed by atoms with Gasteiger partial charge in [-0.1, -0.05) is 243 Å². The first-order chi connectivity index (χ1) is 66.2. The third kappa shape index (κ3) is 15.7. The van der Waals surface area contributed by atoms with Crippen molar-refractivity contribution >= 4 is 123 Å². The number of pyridine rings is 1. The Morgan fingerprint density at radius 2 is 1.03 bits per heavy atom. The van der Waals surface area contributed by atoms with Crippen LogP contribution in [0.3, 0.4) is 0 Å². The molecule has 12 aromatic carbocycles. The number of non-ortho nitro benzene ring substituents is 1. The van der Waals surface area contributed by atoms with Gasteiger partial charge in [-0.15, -0.1) is 0 Å². The number of nitrogens with zero attached hydrogens (tertiary/aromatic N) is 4. The fourth-order valence-electron chi connectivity index (χ4n) is 21.8. The lowest BCUT2D eigenvalue weighted by Gasteiger charge is -2.35. The number of nitrogens with one attached hydrogen (secondary N) is 9. The summed E-state index contributed by atoms with van der Waals surface area (Å²) in [6.45, 7) is 25.0. The monoisotopic (exact) mass is 1810 g/mol. The summed E-state index contributed by atoms with van der Waals surface area (Å²) >= 11 is 0. The van der Waals surface area contributed by atoms with E-state index in [1.807, 2.05) is 97.5 Å². The number of benzene rings is 12. The van der Waals surface area contributed by atoms with Crippen LogP contribution in [0.4, 0.5) is 38.5 Å². The number of carbonyl (C=O) groups is 3. The lowest BCUT2D eigenvalue weighted by Crippen LogP contribution is -2.47. The maximum atomic E-state index is 13.6. The number of ketones is 2. The van der Waals surface area contributed by atoms with Crippen molar-refractivity contribution in [3.8, 4) is 11.3 Å². The molecule has 9 N–H and O–H groups in total. The third-order valence-electron chi connectivity index (χ3n) is 28.8. The zero-order valence-corrected chi connectivity index (χ0v) is 78.5. The number of nitro benzene ring substituents is 1. The van der Waals surface area contributed by atoms with Crippen LogP contribution in [0.1, 0.15) is 186 Å². The molecule has 0 saturated carbocycles. The molecule has 0 radical (unpaired) electrons. The molecule has 6 aliphatic rings. The van der Waals surface area contributed by atoms with E-state index < -0.39 is 11.5 Å². The van der Waals surface area contributed by atoms with Crippen LogP contribution in [0.5, 0.6) is 0 Å². The molecule has 4 atom stereocenters. The van der Waals surface area contributed by atoms with Gasteiger partial charge in [0.1, 0.15) is 5.82 Å². The number of aromatic amines is 6. The van der Waals surface area contributed by atoms with Gasteiger partial charge in [-0.05, 0) is 157 Å². The van der Waals surface area contributed by atoms with Gasteiger partial charge in [0.25, 0.3) is 5.69 Å². The van der Waals surface area contributed by atoms with E-state index in [2.05, 4.69) is 290 Å². The number of esters is 1. The number of aromatic nitrogens is 7. The minimum absolute atomic E-state index is 0.0436. The highest BCUT2D eigenvalue weighted by atomic mass is 19.1. The zero-order valence-electron chi connectivity index (χ0n) is 78.5. The molecule has 20 heteroatoms. The van der Waals surface area contributed by atoms with Gasteiger partial charge in [-0.25, -0.2) is 14.2 Å². The number of aryl methyl sites for hydroxylation is 3. The van der Waals surface area contributed by atoms with Gasteiger partial charge in [0, 0.05) is 217 Å². The summed E-state index contributed by atoms with van der Waals surface area (Å²) in [6, 6.07) is 94.6. The van der Waals surface area contributed by atoms with E-state index in [0.717, 1.165) is 102 Å². The second-order valence-electron chi connectivity index (χ2n) is 38.6. The number of H-pyrrole nitrogens is 6. The number of para-hydroxylation sites is 10. The van der Waals surface area contributed by atoms with Crippen molar-refractivity contribution < 1.29 is 28.4 Å². The summed E-state index contributed by atoms with van der Waals surface area (Å²) in [7, 11) is 0. The van der Waals surface area contributed by atoms with Gasteiger partial charge in [0.05, 0.1) is 52.3 Å². The van der Waals surface area contributed by atoms with Gasteiger partial charge in [0.15, 0.2) is 5.78 Å². The number of halogens is 1. The summed E-state index contributed by atoms with van der Waals surface area (Å²) in [6.07, 6.45) is 14.6. The van der Waals surface area contributed by atoms with Crippen LogP contribution in [0.15, 0.2) is 327 Å². The Morgan fingerprint density at radius 1 is 0.482 bits per heavy atom. The Bertz CT molecular complexity index is 7880. The second-order valence-corrected chi connectivity index (χ2v) is 38.6. The molecule has 1 aliphatic carbocycles. The molecule has 0 spiro atoms. The molecular weight excluding hydrogens is 1700 g/mol. The molecule has 19 aromatic rings. The van der Waals surface area contributed by atoms with Crippen molar-refractivity contribution in [2.45, 2.75) is 147 Å². The number of ether oxygens (including phenoxy) is 1. The van der Waals surface area contributed by atoms with Gasteiger partial charge >= 0.3 is 5.97 Å². The number of nitro groups is 1.